The third-order valence-electron chi connectivity index (χ3n) is 4.38. The molecule has 156 valence electrons. The molecule has 1 saturated heterocycles. The van der Waals surface area contributed by atoms with Gasteiger partial charge in [-0.3, -0.25) is 19.8 Å². The zero-order valence-electron chi connectivity index (χ0n) is 16.1. The average molecular weight is 447 g/mol. The topological polar surface area (TPSA) is 114 Å². The van der Waals surface area contributed by atoms with Gasteiger partial charge in [-0.15, -0.1) is 0 Å². The molecule has 0 aliphatic carbocycles. The number of furan rings is 1. The van der Waals surface area contributed by atoms with E-state index in [1.807, 2.05) is 13.8 Å². The van der Waals surface area contributed by atoms with Gasteiger partial charge in [-0.2, -0.15) is 0 Å². The summed E-state index contributed by atoms with van der Waals surface area (Å²) >= 11 is 6.24. The zero-order chi connectivity index (χ0) is 22.0. The lowest BCUT2D eigenvalue weighted by Gasteiger charge is -2.24. The predicted molar refractivity (Wildman–Crippen MR) is 117 cm³/mol. The number of nitro benzene ring substituents is 1. The minimum atomic E-state index is -1.11. The van der Waals surface area contributed by atoms with E-state index in [9.17, 15) is 24.8 Å². The van der Waals surface area contributed by atoms with Gasteiger partial charge in [0.2, 0.25) is 0 Å². The van der Waals surface area contributed by atoms with Gasteiger partial charge in [-0.25, -0.2) is 4.79 Å². The fraction of sp³-hybridized carbons (Fsp3) is 0.250. The molecule has 1 fully saturated rings. The van der Waals surface area contributed by atoms with Gasteiger partial charge in [-0.05, 0) is 30.5 Å². The summed E-state index contributed by atoms with van der Waals surface area (Å²) in [6.07, 6.45) is 1.74. The molecule has 1 aliphatic rings. The maximum atomic E-state index is 12.8. The van der Waals surface area contributed by atoms with E-state index in [0.29, 0.717) is 11.3 Å². The summed E-state index contributed by atoms with van der Waals surface area (Å²) in [5, 5.41) is 20.8. The average Bonchev–Trinajstić information content (AvgIpc) is 3.24. The van der Waals surface area contributed by atoms with E-state index in [1.54, 1.807) is 30.3 Å². The number of aliphatic carboxylic acids is 1. The van der Waals surface area contributed by atoms with Crippen molar-refractivity contribution in [1.82, 2.24) is 4.90 Å². The molecule has 1 N–H and O–H groups in total. The molecule has 1 aromatic carbocycles. The molecule has 3 rings (SSSR count). The number of hydrogen-bond acceptors (Lipinski definition) is 7. The van der Waals surface area contributed by atoms with E-state index in [1.165, 1.54) is 12.1 Å². The Bertz CT molecular complexity index is 1060. The number of carboxylic acid groups (broad SMARTS) is 1. The second kappa shape index (κ2) is 8.80. The van der Waals surface area contributed by atoms with Gasteiger partial charge in [0.05, 0.1) is 15.4 Å². The molecule has 1 aliphatic heterocycles. The van der Waals surface area contributed by atoms with Crippen molar-refractivity contribution in [2.24, 2.45) is 5.92 Å². The maximum absolute atomic E-state index is 12.8. The van der Waals surface area contributed by atoms with Crippen LogP contribution in [0.1, 0.15) is 26.0 Å². The van der Waals surface area contributed by atoms with Crippen LogP contribution in [-0.2, 0) is 9.59 Å². The second-order valence-electron chi connectivity index (χ2n) is 7.01. The molecule has 1 aromatic heterocycles. The lowest BCUT2D eigenvalue weighted by molar-refractivity contribution is -0.384. The van der Waals surface area contributed by atoms with E-state index in [-0.39, 0.29) is 33.0 Å². The molecule has 1 amide bonds. The van der Waals surface area contributed by atoms with Crippen LogP contribution in [-0.4, -0.2) is 37.2 Å². The van der Waals surface area contributed by atoms with Crippen LogP contribution in [0.25, 0.3) is 17.4 Å². The number of para-hydroxylation sites is 1. The van der Waals surface area contributed by atoms with Crippen molar-refractivity contribution >= 4 is 51.9 Å². The van der Waals surface area contributed by atoms with Crippen molar-refractivity contribution in [2.75, 3.05) is 0 Å². The van der Waals surface area contributed by atoms with Gasteiger partial charge < -0.3 is 9.52 Å². The quantitative estimate of drug-likeness (QED) is 0.285. The number of nitro groups is 1. The Hall–Kier alpha value is -2.98. The molecule has 2 heterocycles. The number of rotatable bonds is 7. The van der Waals surface area contributed by atoms with Gasteiger partial charge >= 0.3 is 5.97 Å². The van der Waals surface area contributed by atoms with Crippen LogP contribution in [0.15, 0.2) is 45.7 Å². The third kappa shape index (κ3) is 4.44. The van der Waals surface area contributed by atoms with Gasteiger partial charge in [0.25, 0.3) is 11.6 Å². The lowest BCUT2D eigenvalue weighted by Crippen LogP contribution is -2.44. The number of thiocarbonyl (C=S) groups is 1. The minimum absolute atomic E-state index is 0.0639. The van der Waals surface area contributed by atoms with Crippen molar-refractivity contribution in [1.29, 1.82) is 0 Å². The Labute approximate surface area is 181 Å². The monoisotopic (exact) mass is 446 g/mol. The van der Waals surface area contributed by atoms with Crippen molar-refractivity contribution in [2.45, 2.75) is 26.3 Å². The van der Waals surface area contributed by atoms with E-state index < -0.39 is 22.8 Å². The van der Waals surface area contributed by atoms with Crippen molar-refractivity contribution < 1.29 is 24.0 Å². The van der Waals surface area contributed by atoms with Crippen molar-refractivity contribution in [3.63, 3.8) is 0 Å². The highest BCUT2D eigenvalue weighted by atomic mass is 32.2. The highest BCUT2D eigenvalue weighted by molar-refractivity contribution is 8.26. The van der Waals surface area contributed by atoms with E-state index in [0.717, 1.165) is 16.7 Å². The molecule has 0 bridgehead atoms. The number of benzene rings is 1. The summed E-state index contributed by atoms with van der Waals surface area (Å²) in [5.74, 6) is -0.958. The first kappa shape index (κ1) is 21.7. The Morgan fingerprint density at radius 1 is 1.33 bits per heavy atom. The molecule has 10 heteroatoms. The first-order valence-corrected chi connectivity index (χ1v) is 10.2. The molecule has 0 saturated carbocycles. The standard InChI is InChI=1S/C20H18N2O6S2/c1-11(2)9-15(19(24)25)21-18(23)17(30-20(21)29)10-12-7-8-16(28-12)13-5-3-4-6-14(13)22(26)27/h3-8,10-11,15H,9H2,1-2H3,(H,24,25)/b17-10+. The largest absolute Gasteiger partial charge is 0.480 e. The van der Waals surface area contributed by atoms with Crippen LogP contribution in [0.3, 0.4) is 0 Å². The molecular weight excluding hydrogens is 428 g/mol. The molecule has 1 atom stereocenters. The lowest BCUT2D eigenvalue weighted by atomic mass is 10.0. The fourth-order valence-electron chi connectivity index (χ4n) is 3.06. The summed E-state index contributed by atoms with van der Waals surface area (Å²) in [4.78, 5) is 36.6. The number of amides is 1. The predicted octanol–water partition coefficient (Wildman–Crippen LogP) is 4.56. The van der Waals surface area contributed by atoms with Gasteiger partial charge in [0.15, 0.2) is 0 Å². The van der Waals surface area contributed by atoms with Crippen LogP contribution >= 0.6 is 24.0 Å². The fourth-order valence-corrected chi connectivity index (χ4v) is 4.39. The number of carboxylic acids is 1. The van der Waals surface area contributed by atoms with E-state index >= 15 is 0 Å². The first-order valence-electron chi connectivity index (χ1n) is 9.02. The number of hydrogen-bond donors (Lipinski definition) is 1. The summed E-state index contributed by atoms with van der Waals surface area (Å²) in [6, 6.07) is 8.30. The first-order chi connectivity index (χ1) is 14.2. The number of carbonyl (C=O) groups excluding carboxylic acids is 1. The maximum Gasteiger partial charge on any atom is 0.326 e. The van der Waals surface area contributed by atoms with Crippen molar-refractivity contribution in [3.05, 3.63) is 57.2 Å². The molecular formula is C20H18N2O6S2. The number of carbonyl (C=O) groups is 2. The third-order valence-corrected chi connectivity index (χ3v) is 5.71. The zero-order valence-corrected chi connectivity index (χ0v) is 17.7. The highest BCUT2D eigenvalue weighted by Gasteiger charge is 2.40. The van der Waals surface area contributed by atoms with E-state index in [4.69, 9.17) is 16.6 Å². The molecule has 2 aromatic rings. The Morgan fingerprint density at radius 3 is 2.67 bits per heavy atom. The summed E-state index contributed by atoms with van der Waals surface area (Å²) in [6.45, 7) is 3.74. The van der Waals surface area contributed by atoms with E-state index in [2.05, 4.69) is 0 Å². The van der Waals surface area contributed by atoms with Crippen molar-refractivity contribution in [3.8, 4) is 11.3 Å². The number of nitrogens with zero attached hydrogens (tertiary/aromatic N) is 2. The van der Waals surface area contributed by atoms with Crippen LogP contribution in [0.4, 0.5) is 5.69 Å². The number of thioether (sulfide) groups is 1. The van der Waals surface area contributed by atoms with Gasteiger partial charge in [0, 0.05) is 12.1 Å². The Kier molecular flexibility index (Phi) is 6.37. The highest BCUT2D eigenvalue weighted by Crippen LogP contribution is 2.37. The summed E-state index contributed by atoms with van der Waals surface area (Å²) in [7, 11) is 0. The smallest absolute Gasteiger partial charge is 0.326 e. The Balaban J connectivity index is 1.89. The molecule has 0 spiro atoms. The van der Waals surface area contributed by atoms with Crippen LogP contribution < -0.4 is 0 Å². The SMILES string of the molecule is CC(C)CC(C(=O)O)N1C(=O)/C(=C\c2ccc(-c3ccccc3[N+](=O)[O-])o2)SC1=S. The van der Waals surface area contributed by atoms with Crippen LogP contribution in [0.2, 0.25) is 0 Å². The normalized spacial score (nSPS) is 16.5. The van der Waals surface area contributed by atoms with Crippen LogP contribution in [0, 0.1) is 16.0 Å². The minimum Gasteiger partial charge on any atom is -0.480 e. The molecule has 30 heavy (non-hydrogen) atoms. The second-order valence-corrected chi connectivity index (χ2v) is 8.69. The Morgan fingerprint density at radius 2 is 2.03 bits per heavy atom. The molecule has 8 nitrogen and oxygen atoms in total. The summed E-state index contributed by atoms with van der Waals surface area (Å²) in [5.41, 5.74) is 0.222. The van der Waals surface area contributed by atoms with Gasteiger partial charge in [-0.1, -0.05) is 50.0 Å². The summed E-state index contributed by atoms with van der Waals surface area (Å²) < 4.78 is 5.86. The molecule has 0 radical (unpaired) electrons. The van der Waals surface area contributed by atoms with Crippen LogP contribution in [0.5, 0.6) is 0 Å². The molecule has 1 unspecified atom stereocenters. The van der Waals surface area contributed by atoms with Gasteiger partial charge in [0.1, 0.15) is 21.9 Å².